The number of ether oxygens (including phenoxy) is 1. The topological polar surface area (TPSA) is 38.3 Å². The van der Waals surface area contributed by atoms with Gasteiger partial charge in [0.1, 0.15) is 5.75 Å². The first-order valence-electron chi connectivity index (χ1n) is 8.07. The molecule has 0 radical (unpaired) electrons. The molecule has 1 amide bonds. The van der Waals surface area contributed by atoms with Crippen LogP contribution in [-0.2, 0) is 11.2 Å². The van der Waals surface area contributed by atoms with Gasteiger partial charge in [0, 0.05) is 13.0 Å². The van der Waals surface area contributed by atoms with Crippen molar-refractivity contribution in [1.29, 1.82) is 0 Å². The zero-order chi connectivity index (χ0) is 16.8. The molecule has 0 saturated carbocycles. The van der Waals surface area contributed by atoms with E-state index in [9.17, 15) is 4.79 Å². The van der Waals surface area contributed by atoms with Crippen molar-refractivity contribution in [3.63, 3.8) is 0 Å². The maximum absolute atomic E-state index is 11.1. The molecule has 2 rings (SSSR count). The molecule has 122 valence electrons. The summed E-state index contributed by atoms with van der Waals surface area (Å²) >= 11 is 0. The third-order valence-corrected chi connectivity index (χ3v) is 3.50. The molecule has 0 saturated heterocycles. The van der Waals surface area contributed by atoms with Crippen LogP contribution in [0.3, 0.4) is 0 Å². The molecule has 2 aromatic rings. The summed E-state index contributed by atoms with van der Waals surface area (Å²) in [5, 5.41) is 2.91. The maximum atomic E-state index is 11.1. The molecule has 0 fully saturated rings. The van der Waals surface area contributed by atoms with E-state index in [0.29, 0.717) is 0 Å². The highest BCUT2D eigenvalue weighted by Crippen LogP contribution is 2.23. The fourth-order valence-corrected chi connectivity index (χ4v) is 2.58. The Hall–Kier alpha value is -2.29. The van der Waals surface area contributed by atoms with Gasteiger partial charge in [-0.15, -0.1) is 0 Å². The Bertz CT molecular complexity index is 630. The molecule has 0 aliphatic heterocycles. The van der Waals surface area contributed by atoms with Gasteiger partial charge in [-0.1, -0.05) is 36.4 Å². The Morgan fingerprint density at radius 2 is 1.48 bits per heavy atom. The predicted octanol–water partition coefficient (Wildman–Crippen LogP) is 4.21. The van der Waals surface area contributed by atoms with E-state index in [1.165, 1.54) is 16.7 Å². The molecule has 1 atom stereocenters. The maximum Gasteiger partial charge on any atom is 0.217 e. The third-order valence-electron chi connectivity index (χ3n) is 3.50. The number of carbonyl (C=O) groups is 1. The third kappa shape index (κ3) is 5.44. The minimum atomic E-state index is 0.0119. The molecular formula is C20H25NO2. The van der Waals surface area contributed by atoms with Crippen molar-refractivity contribution in [2.45, 2.75) is 46.3 Å². The van der Waals surface area contributed by atoms with Crippen molar-refractivity contribution in [2.75, 3.05) is 0 Å². The van der Waals surface area contributed by atoms with Gasteiger partial charge in [0.05, 0.1) is 6.10 Å². The van der Waals surface area contributed by atoms with Crippen LogP contribution in [0.25, 0.3) is 11.1 Å². The van der Waals surface area contributed by atoms with E-state index in [1.807, 2.05) is 32.9 Å². The van der Waals surface area contributed by atoms with Crippen molar-refractivity contribution in [3.05, 3.63) is 54.1 Å². The summed E-state index contributed by atoms with van der Waals surface area (Å²) in [6.45, 7) is 7.61. The molecule has 0 aliphatic rings. The highest BCUT2D eigenvalue weighted by atomic mass is 16.5. The molecule has 0 spiro atoms. The van der Waals surface area contributed by atoms with Crippen LogP contribution in [0.2, 0.25) is 0 Å². The van der Waals surface area contributed by atoms with Crippen molar-refractivity contribution >= 4 is 5.91 Å². The summed E-state index contributed by atoms with van der Waals surface area (Å²) in [6.07, 6.45) is 1.02. The van der Waals surface area contributed by atoms with Crippen LogP contribution in [0.1, 0.15) is 33.3 Å². The second-order valence-electron chi connectivity index (χ2n) is 6.19. The minimum Gasteiger partial charge on any atom is -0.491 e. The van der Waals surface area contributed by atoms with Gasteiger partial charge in [-0.25, -0.2) is 0 Å². The first kappa shape index (κ1) is 17.1. The molecule has 3 nitrogen and oxygen atoms in total. The second kappa shape index (κ2) is 7.82. The van der Waals surface area contributed by atoms with Gasteiger partial charge in [0.15, 0.2) is 0 Å². The van der Waals surface area contributed by atoms with Crippen molar-refractivity contribution < 1.29 is 9.53 Å². The van der Waals surface area contributed by atoms with Crippen molar-refractivity contribution in [3.8, 4) is 16.9 Å². The summed E-state index contributed by atoms with van der Waals surface area (Å²) in [5.41, 5.74) is 3.56. The Kier molecular flexibility index (Phi) is 5.80. The van der Waals surface area contributed by atoms with Gasteiger partial charge >= 0.3 is 0 Å². The highest BCUT2D eigenvalue weighted by molar-refractivity contribution is 5.73. The second-order valence-corrected chi connectivity index (χ2v) is 6.19. The zero-order valence-corrected chi connectivity index (χ0v) is 14.3. The molecule has 3 heteroatoms. The van der Waals surface area contributed by atoms with E-state index in [1.54, 1.807) is 6.92 Å². The molecule has 2 aromatic carbocycles. The lowest BCUT2D eigenvalue weighted by Gasteiger charge is -2.13. The summed E-state index contributed by atoms with van der Waals surface area (Å²) in [6, 6.07) is 16.8. The van der Waals surface area contributed by atoms with Crippen LogP contribution < -0.4 is 10.1 Å². The number of carbonyl (C=O) groups excluding carboxylic acids is 1. The monoisotopic (exact) mass is 311 g/mol. The van der Waals surface area contributed by atoms with E-state index >= 15 is 0 Å². The van der Waals surface area contributed by atoms with Crippen LogP contribution in [0, 0.1) is 0 Å². The van der Waals surface area contributed by atoms with Crippen LogP contribution in [0.15, 0.2) is 48.5 Å². The molecule has 23 heavy (non-hydrogen) atoms. The summed E-state index contributed by atoms with van der Waals surface area (Å²) < 4.78 is 5.67. The summed E-state index contributed by atoms with van der Waals surface area (Å²) in [5.74, 6) is 0.905. The lowest BCUT2D eigenvalue weighted by molar-refractivity contribution is -0.119. The van der Waals surface area contributed by atoms with Crippen molar-refractivity contribution in [2.24, 2.45) is 0 Å². The molecule has 1 N–H and O–H groups in total. The Labute approximate surface area is 138 Å². The number of nitrogens with one attached hydrogen (secondary N) is 1. The number of rotatable bonds is 6. The summed E-state index contributed by atoms with van der Waals surface area (Å²) in [7, 11) is 0. The van der Waals surface area contributed by atoms with Crippen LogP contribution in [-0.4, -0.2) is 18.1 Å². The molecular weight excluding hydrogens is 286 g/mol. The van der Waals surface area contributed by atoms with Gasteiger partial charge in [0.2, 0.25) is 5.91 Å². The standard InChI is InChI=1S/C20H25NO2/c1-14(2)23-20-11-9-19(10-12-20)18-7-5-17(6-8-18)13-15(3)21-16(4)22/h5-12,14-15H,13H2,1-4H3,(H,21,22). The summed E-state index contributed by atoms with van der Waals surface area (Å²) in [4.78, 5) is 11.1. The number of hydrogen-bond donors (Lipinski definition) is 1. The van der Waals surface area contributed by atoms with Crippen molar-refractivity contribution in [1.82, 2.24) is 5.32 Å². The molecule has 0 bridgehead atoms. The normalized spacial score (nSPS) is 12.0. The zero-order valence-electron chi connectivity index (χ0n) is 14.3. The predicted molar refractivity (Wildman–Crippen MR) is 94.6 cm³/mol. The largest absolute Gasteiger partial charge is 0.491 e. The van der Waals surface area contributed by atoms with E-state index in [2.05, 4.69) is 41.7 Å². The van der Waals surface area contributed by atoms with E-state index in [-0.39, 0.29) is 18.1 Å². The van der Waals surface area contributed by atoms with Gasteiger partial charge in [-0.2, -0.15) is 0 Å². The van der Waals surface area contributed by atoms with Gasteiger partial charge < -0.3 is 10.1 Å². The first-order valence-corrected chi connectivity index (χ1v) is 8.07. The van der Waals surface area contributed by atoms with E-state index < -0.39 is 0 Å². The van der Waals surface area contributed by atoms with Gasteiger partial charge in [-0.3, -0.25) is 4.79 Å². The molecule has 0 aromatic heterocycles. The number of amides is 1. The van der Waals surface area contributed by atoms with Gasteiger partial charge in [0.25, 0.3) is 0 Å². The Morgan fingerprint density at radius 1 is 0.957 bits per heavy atom. The average molecular weight is 311 g/mol. The lowest BCUT2D eigenvalue weighted by atomic mass is 10.0. The quantitative estimate of drug-likeness (QED) is 0.868. The van der Waals surface area contributed by atoms with Crippen LogP contribution in [0.5, 0.6) is 5.75 Å². The lowest BCUT2D eigenvalue weighted by Crippen LogP contribution is -2.31. The van der Waals surface area contributed by atoms with E-state index in [0.717, 1.165) is 12.2 Å². The SMILES string of the molecule is CC(=O)NC(C)Cc1ccc(-c2ccc(OC(C)C)cc2)cc1. The fraction of sp³-hybridized carbons (Fsp3) is 0.350. The number of benzene rings is 2. The molecule has 1 unspecified atom stereocenters. The van der Waals surface area contributed by atoms with Crippen LogP contribution >= 0.6 is 0 Å². The average Bonchev–Trinajstić information content (AvgIpc) is 2.47. The Morgan fingerprint density at radius 3 is 1.96 bits per heavy atom. The first-order chi connectivity index (χ1) is 10.9. The Balaban J connectivity index is 2.03. The smallest absolute Gasteiger partial charge is 0.217 e. The molecule has 0 heterocycles. The van der Waals surface area contributed by atoms with Gasteiger partial charge in [-0.05, 0) is 56.0 Å². The fourth-order valence-electron chi connectivity index (χ4n) is 2.58. The highest BCUT2D eigenvalue weighted by Gasteiger charge is 2.05. The van der Waals surface area contributed by atoms with Crippen LogP contribution in [0.4, 0.5) is 0 Å². The molecule has 0 aliphatic carbocycles. The van der Waals surface area contributed by atoms with E-state index in [4.69, 9.17) is 4.74 Å². The minimum absolute atomic E-state index is 0.0119. The number of hydrogen-bond acceptors (Lipinski definition) is 2.